The molecule has 4 heteroatoms. The van der Waals surface area contributed by atoms with Crippen LogP contribution in [0.3, 0.4) is 0 Å². The van der Waals surface area contributed by atoms with Crippen molar-refractivity contribution >= 4 is 17.6 Å². The van der Waals surface area contributed by atoms with Crippen LogP contribution in [0.2, 0.25) is 0 Å². The zero-order chi connectivity index (χ0) is 15.8. The number of hydrogen-bond donors (Lipinski definition) is 1. The van der Waals surface area contributed by atoms with Crippen LogP contribution in [0.1, 0.15) is 30.9 Å². The van der Waals surface area contributed by atoms with E-state index in [2.05, 4.69) is 6.58 Å². The minimum Gasteiger partial charge on any atom is -0.481 e. The number of aliphatic carboxylic acids is 1. The molecule has 4 nitrogen and oxygen atoms in total. The lowest BCUT2D eigenvalue weighted by Crippen LogP contribution is -2.35. The van der Waals surface area contributed by atoms with Gasteiger partial charge in [-0.25, -0.2) is 0 Å². The van der Waals surface area contributed by atoms with Crippen LogP contribution in [0.4, 0.5) is 5.69 Å². The fourth-order valence-corrected chi connectivity index (χ4v) is 3.18. The third-order valence-corrected chi connectivity index (χ3v) is 4.05. The van der Waals surface area contributed by atoms with Crippen LogP contribution >= 0.6 is 0 Å². The van der Waals surface area contributed by atoms with Gasteiger partial charge in [-0.2, -0.15) is 0 Å². The highest BCUT2D eigenvalue weighted by atomic mass is 16.4. The largest absolute Gasteiger partial charge is 0.481 e. The molecule has 1 N–H and O–H groups in total. The van der Waals surface area contributed by atoms with Gasteiger partial charge in [-0.05, 0) is 38.3 Å². The predicted octanol–water partition coefficient (Wildman–Crippen LogP) is 3.08. The van der Waals surface area contributed by atoms with Crippen LogP contribution in [0.5, 0.6) is 0 Å². The van der Waals surface area contributed by atoms with Gasteiger partial charge in [0.2, 0.25) is 5.91 Å². The fourth-order valence-electron chi connectivity index (χ4n) is 3.18. The lowest BCUT2D eigenvalue weighted by molar-refractivity contribution is -0.148. The van der Waals surface area contributed by atoms with Crippen molar-refractivity contribution in [1.29, 1.82) is 0 Å². The molecule has 1 saturated heterocycles. The Morgan fingerprint density at radius 2 is 1.95 bits per heavy atom. The summed E-state index contributed by atoms with van der Waals surface area (Å²) in [5.74, 6) is -1.05. The first-order chi connectivity index (χ1) is 9.77. The second-order valence-electron chi connectivity index (χ2n) is 6.12. The number of rotatable bonds is 4. The molecule has 1 atom stereocenters. The number of carboxylic acids is 1. The molecule has 1 aliphatic rings. The molecule has 1 aromatic rings. The molecular weight excluding hydrogens is 266 g/mol. The standard InChI is InChI=1S/C17H21NO3/c1-11(2)8-17(16(20)21)9-14(19)18(10-17)15-12(3)6-5-7-13(15)4/h5-7H,1,8-10H2,2-4H3,(H,20,21). The van der Waals surface area contributed by atoms with E-state index in [-0.39, 0.29) is 18.9 Å². The molecule has 1 fully saturated rings. The average Bonchev–Trinajstić information content (AvgIpc) is 2.66. The Morgan fingerprint density at radius 3 is 2.43 bits per heavy atom. The molecule has 1 aromatic carbocycles. The van der Waals surface area contributed by atoms with E-state index in [4.69, 9.17) is 0 Å². The number of carbonyl (C=O) groups excluding carboxylic acids is 1. The van der Waals surface area contributed by atoms with E-state index >= 15 is 0 Å². The quantitative estimate of drug-likeness (QED) is 0.866. The number of aryl methyl sites for hydroxylation is 2. The zero-order valence-electron chi connectivity index (χ0n) is 12.8. The van der Waals surface area contributed by atoms with Crippen molar-refractivity contribution in [3.63, 3.8) is 0 Å². The van der Waals surface area contributed by atoms with E-state index in [0.29, 0.717) is 6.42 Å². The van der Waals surface area contributed by atoms with Crippen LogP contribution < -0.4 is 4.90 Å². The maximum atomic E-state index is 12.4. The molecule has 1 amide bonds. The van der Waals surface area contributed by atoms with E-state index in [0.717, 1.165) is 22.4 Å². The molecule has 2 rings (SSSR count). The summed E-state index contributed by atoms with van der Waals surface area (Å²) in [6, 6.07) is 5.82. The van der Waals surface area contributed by atoms with Crippen molar-refractivity contribution in [2.75, 3.05) is 11.4 Å². The lowest BCUT2D eigenvalue weighted by atomic mass is 9.81. The number of benzene rings is 1. The van der Waals surface area contributed by atoms with Crippen LogP contribution in [-0.2, 0) is 9.59 Å². The molecule has 0 spiro atoms. The molecular formula is C17H21NO3. The van der Waals surface area contributed by atoms with E-state index in [9.17, 15) is 14.7 Å². The number of amides is 1. The van der Waals surface area contributed by atoms with E-state index in [1.165, 1.54) is 0 Å². The first-order valence-electron chi connectivity index (χ1n) is 7.01. The highest BCUT2D eigenvalue weighted by molar-refractivity contribution is 6.02. The Hall–Kier alpha value is -2.10. The van der Waals surface area contributed by atoms with E-state index < -0.39 is 11.4 Å². The summed E-state index contributed by atoms with van der Waals surface area (Å²) >= 11 is 0. The molecule has 1 heterocycles. The van der Waals surface area contributed by atoms with Crippen LogP contribution in [-0.4, -0.2) is 23.5 Å². The molecule has 0 aromatic heterocycles. The van der Waals surface area contributed by atoms with Crippen molar-refractivity contribution in [2.24, 2.45) is 5.41 Å². The van der Waals surface area contributed by atoms with Gasteiger partial charge in [0.25, 0.3) is 0 Å². The van der Waals surface area contributed by atoms with E-state index in [1.807, 2.05) is 32.0 Å². The van der Waals surface area contributed by atoms with Gasteiger partial charge in [0.1, 0.15) is 0 Å². The van der Waals surface area contributed by atoms with Crippen molar-refractivity contribution < 1.29 is 14.7 Å². The summed E-state index contributed by atoms with van der Waals surface area (Å²) < 4.78 is 0. The van der Waals surface area contributed by atoms with Gasteiger partial charge in [0.15, 0.2) is 0 Å². The monoisotopic (exact) mass is 287 g/mol. The van der Waals surface area contributed by atoms with Gasteiger partial charge < -0.3 is 10.0 Å². The molecule has 0 aliphatic carbocycles. The Bertz CT molecular complexity index is 600. The van der Waals surface area contributed by atoms with Crippen molar-refractivity contribution in [3.05, 3.63) is 41.5 Å². The first kappa shape index (κ1) is 15.3. The molecule has 1 aliphatic heterocycles. The number of carboxylic acid groups (broad SMARTS) is 1. The van der Waals surface area contributed by atoms with Gasteiger partial charge in [-0.1, -0.05) is 23.8 Å². The number of carbonyl (C=O) groups is 2. The summed E-state index contributed by atoms with van der Waals surface area (Å²) in [7, 11) is 0. The van der Waals surface area contributed by atoms with Gasteiger partial charge in [0.05, 0.1) is 5.41 Å². The van der Waals surface area contributed by atoms with Crippen molar-refractivity contribution in [1.82, 2.24) is 0 Å². The SMILES string of the molecule is C=C(C)CC1(C(=O)O)CC(=O)N(c2c(C)cccc2C)C1. The Balaban J connectivity index is 2.43. The first-order valence-corrected chi connectivity index (χ1v) is 7.01. The van der Waals surface area contributed by atoms with Gasteiger partial charge >= 0.3 is 5.97 Å². The van der Waals surface area contributed by atoms with Gasteiger partial charge in [-0.15, -0.1) is 6.58 Å². The molecule has 112 valence electrons. The van der Waals surface area contributed by atoms with Crippen molar-refractivity contribution in [3.8, 4) is 0 Å². The number of anilines is 1. The highest BCUT2D eigenvalue weighted by Crippen LogP contribution is 2.41. The summed E-state index contributed by atoms with van der Waals surface area (Å²) in [5.41, 5.74) is 2.54. The average molecular weight is 287 g/mol. The van der Waals surface area contributed by atoms with Crippen LogP contribution in [0.25, 0.3) is 0 Å². The Morgan fingerprint density at radius 1 is 1.38 bits per heavy atom. The Labute approximate surface area is 125 Å². The molecule has 0 saturated carbocycles. The number of allylic oxidation sites excluding steroid dienone is 1. The third kappa shape index (κ3) is 2.71. The number of para-hydroxylation sites is 1. The minimum absolute atomic E-state index is 0.0307. The topological polar surface area (TPSA) is 57.6 Å². The minimum atomic E-state index is -1.06. The van der Waals surface area contributed by atoms with E-state index in [1.54, 1.807) is 11.8 Å². The van der Waals surface area contributed by atoms with Crippen LogP contribution in [0.15, 0.2) is 30.4 Å². The second kappa shape index (κ2) is 5.35. The number of nitrogens with zero attached hydrogens (tertiary/aromatic N) is 1. The molecule has 0 radical (unpaired) electrons. The normalized spacial score (nSPS) is 21.7. The summed E-state index contributed by atoms with van der Waals surface area (Å²) in [4.78, 5) is 25.8. The second-order valence-corrected chi connectivity index (χ2v) is 6.12. The molecule has 21 heavy (non-hydrogen) atoms. The zero-order valence-corrected chi connectivity index (χ0v) is 12.8. The van der Waals surface area contributed by atoms with Crippen LogP contribution in [0, 0.1) is 19.3 Å². The summed E-state index contributed by atoms with van der Waals surface area (Å²) in [6.07, 6.45) is 0.360. The Kier molecular flexibility index (Phi) is 3.90. The smallest absolute Gasteiger partial charge is 0.312 e. The number of hydrogen-bond acceptors (Lipinski definition) is 2. The predicted molar refractivity (Wildman–Crippen MR) is 82.4 cm³/mol. The lowest BCUT2D eigenvalue weighted by Gasteiger charge is -2.26. The summed E-state index contributed by atoms with van der Waals surface area (Å²) in [5, 5.41) is 9.61. The summed E-state index contributed by atoms with van der Waals surface area (Å²) in [6.45, 7) is 9.70. The molecule has 0 bridgehead atoms. The maximum Gasteiger partial charge on any atom is 0.312 e. The third-order valence-electron chi connectivity index (χ3n) is 4.05. The maximum absolute atomic E-state index is 12.4. The van der Waals surface area contributed by atoms with Gasteiger partial charge in [0, 0.05) is 18.7 Å². The fraction of sp³-hybridized carbons (Fsp3) is 0.412. The highest BCUT2D eigenvalue weighted by Gasteiger charge is 2.49. The van der Waals surface area contributed by atoms with Gasteiger partial charge in [-0.3, -0.25) is 9.59 Å². The molecule has 1 unspecified atom stereocenters. The van der Waals surface area contributed by atoms with Crippen molar-refractivity contribution in [2.45, 2.75) is 33.6 Å².